The quantitative estimate of drug-likeness (QED) is 0.439. The van der Waals surface area contributed by atoms with Gasteiger partial charge < -0.3 is 4.42 Å². The molecule has 0 radical (unpaired) electrons. The van der Waals surface area contributed by atoms with Crippen LogP contribution in [0.25, 0.3) is 38.9 Å². The number of para-hydroxylation sites is 2. The number of fused-ring (bicyclic) bond motifs is 4. The van der Waals surface area contributed by atoms with Crippen LogP contribution in [-0.4, -0.2) is 24.1 Å². The highest BCUT2D eigenvalue weighted by Crippen LogP contribution is 2.28. The van der Waals surface area contributed by atoms with Crippen molar-refractivity contribution in [3.05, 3.63) is 94.9 Å². The smallest absolute Gasteiger partial charge is 0.265 e. The van der Waals surface area contributed by atoms with Crippen molar-refractivity contribution in [2.75, 3.05) is 0 Å². The van der Waals surface area contributed by atoms with Gasteiger partial charge in [-0.15, -0.1) is 0 Å². The fraction of sp³-hybridized carbons (Fsp3) is 0.0833. The van der Waals surface area contributed by atoms with E-state index in [0.717, 1.165) is 22.3 Å². The van der Waals surface area contributed by atoms with E-state index in [2.05, 4.69) is 4.98 Å². The SMILES string of the molecule is Cc1ccc(-n2c3nc4ccccc4nc3c3c(=O)n(Cc4ccco4)cnc32)cc1. The molecule has 0 saturated heterocycles. The van der Waals surface area contributed by atoms with Gasteiger partial charge in [0.1, 0.15) is 23.0 Å². The van der Waals surface area contributed by atoms with Gasteiger partial charge in [-0.05, 0) is 43.3 Å². The molecule has 0 atom stereocenters. The maximum atomic E-state index is 13.5. The first kappa shape index (κ1) is 17.6. The number of furan rings is 1. The van der Waals surface area contributed by atoms with E-state index in [1.165, 1.54) is 4.57 Å². The maximum absolute atomic E-state index is 13.5. The van der Waals surface area contributed by atoms with E-state index in [9.17, 15) is 4.79 Å². The van der Waals surface area contributed by atoms with E-state index < -0.39 is 0 Å². The molecular weight excluding hydrogens is 390 g/mol. The van der Waals surface area contributed by atoms with Crippen molar-refractivity contribution in [3.63, 3.8) is 0 Å². The minimum Gasteiger partial charge on any atom is -0.467 e. The van der Waals surface area contributed by atoms with Gasteiger partial charge in [0.05, 0.1) is 23.8 Å². The molecule has 31 heavy (non-hydrogen) atoms. The number of aryl methyl sites for hydroxylation is 1. The molecule has 0 fully saturated rings. The summed E-state index contributed by atoms with van der Waals surface area (Å²) in [6.45, 7) is 2.33. The average molecular weight is 407 g/mol. The van der Waals surface area contributed by atoms with E-state index in [4.69, 9.17) is 14.4 Å². The lowest BCUT2D eigenvalue weighted by molar-refractivity contribution is 0.489. The van der Waals surface area contributed by atoms with E-state index in [1.54, 1.807) is 18.7 Å². The summed E-state index contributed by atoms with van der Waals surface area (Å²) in [5.74, 6) is 0.682. The summed E-state index contributed by atoms with van der Waals surface area (Å²) in [7, 11) is 0. The van der Waals surface area contributed by atoms with Gasteiger partial charge in [0.25, 0.3) is 5.56 Å². The number of hydrogen-bond acceptors (Lipinski definition) is 5. The van der Waals surface area contributed by atoms with Crippen molar-refractivity contribution in [2.24, 2.45) is 0 Å². The van der Waals surface area contributed by atoms with Crippen LogP contribution in [0.15, 0.2) is 82.5 Å². The fourth-order valence-corrected chi connectivity index (χ4v) is 3.89. The van der Waals surface area contributed by atoms with Gasteiger partial charge in [-0.25, -0.2) is 15.0 Å². The molecule has 4 heterocycles. The summed E-state index contributed by atoms with van der Waals surface area (Å²) in [6.07, 6.45) is 3.14. The molecule has 150 valence electrons. The molecule has 6 aromatic rings. The molecular formula is C24H17N5O2. The molecule has 0 aliphatic heterocycles. The minimum absolute atomic E-state index is 0.179. The van der Waals surface area contributed by atoms with Gasteiger partial charge >= 0.3 is 0 Å². The van der Waals surface area contributed by atoms with Crippen LogP contribution in [-0.2, 0) is 6.54 Å². The van der Waals surface area contributed by atoms with Crippen LogP contribution in [0.3, 0.4) is 0 Å². The minimum atomic E-state index is -0.179. The summed E-state index contributed by atoms with van der Waals surface area (Å²) in [6, 6.07) is 19.3. The molecule has 0 bridgehead atoms. The van der Waals surface area contributed by atoms with Gasteiger partial charge in [0.15, 0.2) is 11.3 Å². The lowest BCUT2D eigenvalue weighted by Crippen LogP contribution is -2.21. The Hall–Kier alpha value is -4.26. The van der Waals surface area contributed by atoms with Crippen molar-refractivity contribution >= 4 is 33.2 Å². The zero-order chi connectivity index (χ0) is 20.9. The van der Waals surface area contributed by atoms with Gasteiger partial charge in [0, 0.05) is 5.69 Å². The fourth-order valence-electron chi connectivity index (χ4n) is 3.89. The van der Waals surface area contributed by atoms with Gasteiger partial charge in [-0.2, -0.15) is 0 Å². The van der Waals surface area contributed by atoms with Crippen LogP contribution >= 0.6 is 0 Å². The van der Waals surface area contributed by atoms with Crippen LogP contribution in [0.4, 0.5) is 0 Å². The highest BCUT2D eigenvalue weighted by molar-refractivity contribution is 6.05. The molecule has 0 unspecified atom stereocenters. The molecule has 2 aromatic carbocycles. The number of aromatic nitrogens is 5. The normalized spacial score (nSPS) is 11.6. The highest BCUT2D eigenvalue weighted by atomic mass is 16.3. The summed E-state index contributed by atoms with van der Waals surface area (Å²) >= 11 is 0. The maximum Gasteiger partial charge on any atom is 0.265 e. The molecule has 0 amide bonds. The van der Waals surface area contributed by atoms with Crippen LogP contribution < -0.4 is 5.56 Å². The number of benzene rings is 2. The lowest BCUT2D eigenvalue weighted by atomic mass is 10.2. The standard InChI is InChI=1S/C24H17N5O2/c1-15-8-10-16(11-9-15)29-22-20(21-23(29)27-19-7-3-2-6-18(19)26-21)24(30)28(14-25-22)13-17-5-4-12-31-17/h2-12,14H,13H2,1H3. The van der Waals surface area contributed by atoms with Crippen molar-refractivity contribution in [1.82, 2.24) is 24.1 Å². The average Bonchev–Trinajstić information content (AvgIpc) is 3.41. The molecule has 0 saturated carbocycles. The second-order valence-corrected chi connectivity index (χ2v) is 7.51. The molecule has 0 aliphatic rings. The zero-order valence-corrected chi connectivity index (χ0v) is 16.7. The van der Waals surface area contributed by atoms with Crippen LogP contribution in [0.2, 0.25) is 0 Å². The second-order valence-electron chi connectivity index (χ2n) is 7.51. The molecule has 6 rings (SSSR count). The van der Waals surface area contributed by atoms with Crippen LogP contribution in [0, 0.1) is 6.92 Å². The largest absolute Gasteiger partial charge is 0.467 e. The Labute approximate surface area is 176 Å². The molecule has 0 spiro atoms. The summed E-state index contributed by atoms with van der Waals surface area (Å²) in [5, 5.41) is 0.447. The third-order valence-electron chi connectivity index (χ3n) is 5.43. The van der Waals surface area contributed by atoms with E-state index >= 15 is 0 Å². The molecule has 4 aromatic heterocycles. The second kappa shape index (κ2) is 6.63. The Balaban J connectivity index is 1.72. The lowest BCUT2D eigenvalue weighted by Gasteiger charge is -2.07. The van der Waals surface area contributed by atoms with Crippen molar-refractivity contribution < 1.29 is 4.42 Å². The first-order valence-corrected chi connectivity index (χ1v) is 9.95. The van der Waals surface area contributed by atoms with Crippen molar-refractivity contribution in [1.29, 1.82) is 0 Å². The summed E-state index contributed by atoms with van der Waals surface area (Å²) < 4.78 is 8.86. The Morgan fingerprint density at radius 3 is 2.42 bits per heavy atom. The molecule has 7 nitrogen and oxygen atoms in total. The van der Waals surface area contributed by atoms with Crippen LogP contribution in [0.1, 0.15) is 11.3 Å². The first-order valence-electron chi connectivity index (χ1n) is 9.95. The van der Waals surface area contributed by atoms with Crippen molar-refractivity contribution in [3.8, 4) is 5.69 Å². The Morgan fingerprint density at radius 1 is 0.903 bits per heavy atom. The van der Waals surface area contributed by atoms with E-state index in [1.807, 2.05) is 66.1 Å². The van der Waals surface area contributed by atoms with E-state index in [-0.39, 0.29) is 5.56 Å². The third kappa shape index (κ3) is 2.74. The zero-order valence-electron chi connectivity index (χ0n) is 16.7. The molecule has 0 N–H and O–H groups in total. The van der Waals surface area contributed by atoms with Crippen LogP contribution in [0.5, 0.6) is 0 Å². The Kier molecular flexibility index (Phi) is 3.76. The number of nitrogens with zero attached hydrogens (tertiary/aromatic N) is 5. The predicted molar refractivity (Wildman–Crippen MR) is 118 cm³/mol. The number of rotatable bonds is 3. The van der Waals surface area contributed by atoms with Gasteiger partial charge in [-0.1, -0.05) is 29.8 Å². The summed E-state index contributed by atoms with van der Waals surface area (Å²) in [4.78, 5) is 27.8. The number of hydrogen-bond donors (Lipinski definition) is 0. The summed E-state index contributed by atoms with van der Waals surface area (Å²) in [5.41, 5.74) is 5.04. The Morgan fingerprint density at radius 2 is 1.68 bits per heavy atom. The van der Waals surface area contributed by atoms with Crippen molar-refractivity contribution in [2.45, 2.75) is 13.5 Å². The Bertz CT molecular complexity index is 1630. The molecule has 7 heteroatoms. The van der Waals surface area contributed by atoms with E-state index in [0.29, 0.717) is 34.5 Å². The third-order valence-corrected chi connectivity index (χ3v) is 5.43. The van der Waals surface area contributed by atoms with Gasteiger partial charge in [0.2, 0.25) is 0 Å². The topological polar surface area (TPSA) is 78.7 Å². The monoisotopic (exact) mass is 407 g/mol. The van der Waals surface area contributed by atoms with Gasteiger partial charge in [-0.3, -0.25) is 13.9 Å². The first-order chi connectivity index (χ1) is 15.2. The molecule has 0 aliphatic carbocycles. The predicted octanol–water partition coefficient (Wildman–Crippen LogP) is 4.23. The highest BCUT2D eigenvalue weighted by Gasteiger charge is 2.21.